The summed E-state index contributed by atoms with van der Waals surface area (Å²) in [7, 11) is 1.56. The summed E-state index contributed by atoms with van der Waals surface area (Å²) in [6, 6.07) is 10.8. The Hall–Kier alpha value is -4.65. The van der Waals surface area contributed by atoms with E-state index in [2.05, 4.69) is 40.4 Å². The highest BCUT2D eigenvalue weighted by molar-refractivity contribution is 5.95. The Morgan fingerprint density at radius 1 is 0.925 bits per heavy atom. The summed E-state index contributed by atoms with van der Waals surface area (Å²) in [5.74, 6) is -0.241. The molecule has 5 amide bonds. The molecule has 53 heavy (non-hydrogen) atoms. The van der Waals surface area contributed by atoms with Crippen molar-refractivity contribution in [1.29, 1.82) is 0 Å². The van der Waals surface area contributed by atoms with Crippen molar-refractivity contribution in [2.24, 2.45) is 11.8 Å². The lowest BCUT2D eigenvalue weighted by atomic mass is 10.0. The highest BCUT2D eigenvalue weighted by Gasteiger charge is 2.35. The fourth-order valence-corrected chi connectivity index (χ4v) is 6.93. The third-order valence-corrected chi connectivity index (χ3v) is 10.0. The van der Waals surface area contributed by atoms with E-state index in [9.17, 15) is 24.0 Å². The second-order valence-electron chi connectivity index (χ2n) is 15.3. The number of rotatable bonds is 9. The number of carbonyl (C=O) groups excluding carboxylic acids is 5. The van der Waals surface area contributed by atoms with Crippen molar-refractivity contribution in [3.8, 4) is 11.5 Å². The first-order valence-electron chi connectivity index (χ1n) is 19.0. The Balaban J connectivity index is 1.45. The zero-order chi connectivity index (χ0) is 38.1. The Bertz CT molecular complexity index is 1580. The molecule has 13 heteroatoms. The van der Waals surface area contributed by atoms with Gasteiger partial charge < -0.3 is 41.0 Å². The van der Waals surface area contributed by atoms with Crippen LogP contribution in [0.25, 0.3) is 0 Å². The maximum atomic E-state index is 14.2. The average molecular weight is 733 g/mol. The molecular weight excluding hydrogens is 676 g/mol. The Kier molecular flexibility index (Phi) is 13.7. The number of ether oxygens (including phenoxy) is 2. The van der Waals surface area contributed by atoms with Gasteiger partial charge in [0.25, 0.3) is 0 Å². The molecule has 3 aliphatic heterocycles. The summed E-state index contributed by atoms with van der Waals surface area (Å²) < 4.78 is 11.4. The molecule has 2 fully saturated rings. The SMILES string of the molecule is COc1ccc(C[C@@H]2NC(=O)[C@@H](NC(=O)[C@@H]3CC[C@H](C)N3)Cc3ccc(cc3)OC[C@H](CC(C)C)NC(=O)CN(CC3CC3)C(=O)[C@@H](C)NC2=O)cc1. The van der Waals surface area contributed by atoms with Crippen LogP contribution in [0.1, 0.15) is 70.9 Å². The molecule has 13 nitrogen and oxygen atoms in total. The minimum Gasteiger partial charge on any atom is -0.497 e. The predicted molar refractivity (Wildman–Crippen MR) is 200 cm³/mol. The molecule has 6 atom stereocenters. The van der Waals surface area contributed by atoms with Crippen molar-refractivity contribution in [3.05, 3.63) is 59.7 Å². The molecular formula is C40H56N6O7. The highest BCUT2D eigenvalue weighted by atomic mass is 16.5. The average Bonchev–Trinajstić information content (AvgIpc) is 3.84. The topological polar surface area (TPSA) is 167 Å². The van der Waals surface area contributed by atoms with Crippen molar-refractivity contribution < 1.29 is 33.4 Å². The van der Waals surface area contributed by atoms with Gasteiger partial charge in [0.1, 0.15) is 36.2 Å². The number of nitrogens with one attached hydrogen (secondary N) is 5. The van der Waals surface area contributed by atoms with Crippen LogP contribution in [0.15, 0.2) is 48.5 Å². The molecule has 2 aromatic carbocycles. The van der Waals surface area contributed by atoms with E-state index >= 15 is 0 Å². The number of carbonyl (C=O) groups is 5. The molecule has 0 radical (unpaired) electrons. The maximum Gasteiger partial charge on any atom is 0.245 e. The number of benzene rings is 2. The van der Waals surface area contributed by atoms with Crippen molar-refractivity contribution in [2.45, 2.75) is 109 Å². The smallest absolute Gasteiger partial charge is 0.245 e. The van der Waals surface area contributed by atoms with Gasteiger partial charge in [-0.2, -0.15) is 0 Å². The van der Waals surface area contributed by atoms with E-state index < -0.39 is 36.0 Å². The van der Waals surface area contributed by atoms with Gasteiger partial charge in [0.05, 0.1) is 25.7 Å². The molecule has 6 rings (SSSR count). The Labute approximate surface area is 312 Å². The number of hydrogen-bond donors (Lipinski definition) is 5. The van der Waals surface area contributed by atoms with Gasteiger partial charge in [-0.15, -0.1) is 0 Å². The van der Waals surface area contributed by atoms with Gasteiger partial charge in [-0.05, 0) is 93.2 Å². The summed E-state index contributed by atoms with van der Waals surface area (Å²) in [5.41, 5.74) is 1.53. The van der Waals surface area contributed by atoms with Gasteiger partial charge in [-0.25, -0.2) is 0 Å². The molecule has 2 bridgehead atoms. The molecule has 4 aliphatic rings. The van der Waals surface area contributed by atoms with Crippen molar-refractivity contribution in [3.63, 3.8) is 0 Å². The summed E-state index contributed by atoms with van der Waals surface area (Å²) in [4.78, 5) is 70.4. The van der Waals surface area contributed by atoms with E-state index in [0.717, 1.165) is 30.4 Å². The first-order chi connectivity index (χ1) is 25.4. The number of nitrogens with zero attached hydrogens (tertiary/aromatic N) is 1. The van der Waals surface area contributed by atoms with Gasteiger partial charge in [0.2, 0.25) is 29.5 Å². The lowest BCUT2D eigenvalue weighted by molar-refractivity contribution is -0.140. The third-order valence-electron chi connectivity index (χ3n) is 10.0. The van der Waals surface area contributed by atoms with E-state index in [1.54, 1.807) is 38.3 Å². The van der Waals surface area contributed by atoms with Crippen LogP contribution in [0.3, 0.4) is 0 Å². The first kappa shape index (κ1) is 39.6. The molecule has 0 spiro atoms. The largest absolute Gasteiger partial charge is 0.497 e. The van der Waals surface area contributed by atoms with Crippen LogP contribution < -0.4 is 36.1 Å². The maximum absolute atomic E-state index is 14.2. The van der Waals surface area contributed by atoms with Crippen LogP contribution in [0.5, 0.6) is 11.5 Å². The highest BCUT2D eigenvalue weighted by Crippen LogP contribution is 2.30. The normalized spacial score (nSPS) is 26.3. The molecule has 288 valence electrons. The Morgan fingerprint density at radius 2 is 1.64 bits per heavy atom. The van der Waals surface area contributed by atoms with Crippen molar-refractivity contribution in [2.75, 3.05) is 26.8 Å². The van der Waals surface area contributed by atoms with Crippen LogP contribution in [-0.2, 0) is 36.8 Å². The minimum atomic E-state index is -1.09. The van der Waals surface area contributed by atoms with Gasteiger partial charge in [0, 0.05) is 25.4 Å². The fraction of sp³-hybridized carbons (Fsp3) is 0.575. The molecule has 3 heterocycles. The standard InChI is InChI=1S/C40H56N6O7/c1-24(2)18-30-23-53-32-15-11-28(12-16-32)20-35(44-37(48)33-17-6-25(3)41-33)39(50)45-34(19-27-9-13-31(52-5)14-10-27)38(49)42-26(4)40(51)46(21-29-7-8-29)22-36(47)43-30/h9-16,24-26,29-30,33-35,41H,6-8,17-23H2,1-5H3,(H,42,49)(H,43,47)(H,44,48)(H,45,50)/t25-,26+,30-,33-,34-,35-/m0/s1. The van der Waals surface area contributed by atoms with Crippen LogP contribution in [0, 0.1) is 11.8 Å². The van der Waals surface area contributed by atoms with Crippen LogP contribution in [0.4, 0.5) is 0 Å². The zero-order valence-corrected chi connectivity index (χ0v) is 31.6. The quantitative estimate of drug-likeness (QED) is 0.245. The summed E-state index contributed by atoms with van der Waals surface area (Å²) in [5, 5.41) is 15.0. The molecule has 0 aromatic heterocycles. The molecule has 1 saturated carbocycles. The number of methoxy groups -OCH3 is 1. The molecule has 5 N–H and O–H groups in total. The van der Waals surface area contributed by atoms with Gasteiger partial charge in [0.15, 0.2) is 0 Å². The van der Waals surface area contributed by atoms with Gasteiger partial charge in [-0.3, -0.25) is 24.0 Å². The van der Waals surface area contributed by atoms with E-state index in [0.29, 0.717) is 36.8 Å². The number of hydrogen-bond acceptors (Lipinski definition) is 8. The zero-order valence-electron chi connectivity index (χ0n) is 31.6. The van der Waals surface area contributed by atoms with Crippen molar-refractivity contribution >= 4 is 29.5 Å². The second kappa shape index (κ2) is 18.4. The van der Waals surface area contributed by atoms with Crippen molar-refractivity contribution in [1.82, 2.24) is 31.5 Å². The van der Waals surface area contributed by atoms with E-state index in [-0.39, 0.29) is 61.7 Å². The molecule has 2 aromatic rings. The van der Waals surface area contributed by atoms with Crippen LogP contribution >= 0.6 is 0 Å². The predicted octanol–water partition coefficient (Wildman–Crippen LogP) is 2.26. The summed E-state index contributed by atoms with van der Waals surface area (Å²) in [6.07, 6.45) is 4.38. The molecule has 1 aliphatic carbocycles. The van der Waals surface area contributed by atoms with E-state index in [4.69, 9.17) is 9.47 Å². The third kappa shape index (κ3) is 11.9. The number of fused-ring (bicyclic) bond motifs is 17. The first-order valence-corrected chi connectivity index (χ1v) is 19.0. The van der Waals surface area contributed by atoms with Crippen LogP contribution in [-0.4, -0.2) is 97.5 Å². The molecule has 1 saturated heterocycles. The van der Waals surface area contributed by atoms with Crippen LogP contribution in [0.2, 0.25) is 0 Å². The minimum absolute atomic E-state index is 0.113. The second-order valence-corrected chi connectivity index (χ2v) is 15.3. The monoisotopic (exact) mass is 732 g/mol. The van der Waals surface area contributed by atoms with Gasteiger partial charge >= 0.3 is 0 Å². The lowest BCUT2D eigenvalue weighted by Crippen LogP contribution is -2.59. The van der Waals surface area contributed by atoms with Gasteiger partial charge in [-0.1, -0.05) is 38.1 Å². The lowest BCUT2D eigenvalue weighted by Gasteiger charge is -2.29. The number of amides is 5. The molecule has 0 unspecified atom stereocenters. The fourth-order valence-electron chi connectivity index (χ4n) is 6.93. The van der Waals surface area contributed by atoms with E-state index in [1.165, 1.54) is 4.90 Å². The van der Waals surface area contributed by atoms with E-state index in [1.807, 2.05) is 31.2 Å². The summed E-state index contributed by atoms with van der Waals surface area (Å²) >= 11 is 0. The Morgan fingerprint density at radius 3 is 2.26 bits per heavy atom. The summed E-state index contributed by atoms with van der Waals surface area (Å²) in [6.45, 7) is 8.24.